The van der Waals surface area contributed by atoms with E-state index in [1.165, 1.54) is 26.2 Å². The average molecular weight is 326 g/mol. The minimum Gasteiger partial charge on any atom is -0.469 e. The molecule has 0 atom stereocenters. The van der Waals surface area contributed by atoms with Crippen LogP contribution >= 0.6 is 0 Å². The smallest absolute Gasteiger partial charge is 0.469 e. The highest BCUT2D eigenvalue weighted by molar-refractivity contribution is 7.88. The molecule has 1 rings (SSSR count). The van der Waals surface area contributed by atoms with Gasteiger partial charge in [-0.15, -0.1) is 0 Å². The first-order valence-electron chi connectivity index (χ1n) is 5.74. The van der Waals surface area contributed by atoms with Crippen LogP contribution in [0.4, 0.5) is 13.2 Å². The molecular formula is C12H13F3O5S. The van der Waals surface area contributed by atoms with E-state index in [1.54, 1.807) is 0 Å². The molecule has 0 bridgehead atoms. The molecule has 0 aromatic heterocycles. The molecule has 0 spiro atoms. The molecule has 0 radical (unpaired) electrons. The molecule has 0 heterocycles. The van der Waals surface area contributed by atoms with Crippen LogP contribution in [-0.4, -0.2) is 27.0 Å². The molecular weight excluding hydrogens is 313 g/mol. The predicted octanol–water partition coefficient (Wildman–Crippen LogP) is 2.33. The largest absolute Gasteiger partial charge is 0.534 e. The number of esters is 1. The van der Waals surface area contributed by atoms with E-state index < -0.39 is 27.3 Å². The second-order valence-corrected chi connectivity index (χ2v) is 5.70. The summed E-state index contributed by atoms with van der Waals surface area (Å²) in [5.41, 5.74) is -4.62. The number of rotatable bonds is 5. The maximum Gasteiger partial charge on any atom is 0.534 e. The van der Waals surface area contributed by atoms with Gasteiger partial charge in [-0.05, 0) is 30.5 Å². The van der Waals surface area contributed by atoms with Crippen LogP contribution in [0.2, 0.25) is 0 Å². The number of aryl methyl sites for hydroxylation is 2. The fourth-order valence-electron chi connectivity index (χ4n) is 1.47. The molecule has 0 amide bonds. The lowest BCUT2D eigenvalue weighted by atomic mass is 10.1. The van der Waals surface area contributed by atoms with E-state index in [9.17, 15) is 26.4 Å². The third-order valence-corrected chi connectivity index (χ3v) is 3.53. The highest BCUT2D eigenvalue weighted by Gasteiger charge is 2.48. The number of methoxy groups -OCH3 is 1. The summed E-state index contributed by atoms with van der Waals surface area (Å²) in [6.45, 7) is 1.41. The fraction of sp³-hybridized carbons (Fsp3) is 0.417. The van der Waals surface area contributed by atoms with Gasteiger partial charge in [-0.1, -0.05) is 12.1 Å². The van der Waals surface area contributed by atoms with Crippen LogP contribution in [0.15, 0.2) is 18.2 Å². The van der Waals surface area contributed by atoms with Gasteiger partial charge in [-0.25, -0.2) is 0 Å². The topological polar surface area (TPSA) is 69.7 Å². The van der Waals surface area contributed by atoms with E-state index in [4.69, 9.17) is 0 Å². The number of carbonyl (C=O) groups excluding carboxylic acids is 1. The monoisotopic (exact) mass is 326 g/mol. The summed E-state index contributed by atoms with van der Waals surface area (Å²) in [5, 5.41) is 0. The lowest BCUT2D eigenvalue weighted by Gasteiger charge is -2.12. The Morgan fingerprint density at radius 2 is 1.90 bits per heavy atom. The second kappa shape index (κ2) is 6.33. The number of hydrogen-bond acceptors (Lipinski definition) is 5. The fourth-order valence-corrected chi connectivity index (χ4v) is 1.99. The maximum absolute atomic E-state index is 12.2. The molecule has 0 saturated carbocycles. The minimum absolute atomic E-state index is 0.108. The number of alkyl halides is 3. The molecule has 1 aromatic carbocycles. The Bertz CT molecular complexity index is 622. The van der Waals surface area contributed by atoms with Crippen molar-refractivity contribution in [2.45, 2.75) is 25.3 Å². The van der Waals surface area contributed by atoms with Crippen molar-refractivity contribution in [2.24, 2.45) is 0 Å². The van der Waals surface area contributed by atoms with Gasteiger partial charge >= 0.3 is 21.6 Å². The predicted molar refractivity (Wildman–Crippen MR) is 67.1 cm³/mol. The normalized spacial score (nSPS) is 12.0. The minimum atomic E-state index is -5.69. The number of carbonyl (C=O) groups is 1. The first kappa shape index (κ1) is 17.3. The van der Waals surface area contributed by atoms with Gasteiger partial charge in [0.15, 0.2) is 0 Å². The molecule has 0 aliphatic carbocycles. The molecule has 5 nitrogen and oxygen atoms in total. The van der Waals surface area contributed by atoms with E-state index in [0.29, 0.717) is 12.0 Å². The van der Waals surface area contributed by atoms with Crippen molar-refractivity contribution in [1.29, 1.82) is 0 Å². The van der Waals surface area contributed by atoms with Gasteiger partial charge < -0.3 is 8.92 Å². The first-order chi connectivity index (χ1) is 9.56. The number of halogens is 3. The third kappa shape index (κ3) is 4.62. The summed E-state index contributed by atoms with van der Waals surface area (Å²) < 4.78 is 67.0. The SMILES string of the molecule is COC(=O)CCc1ccc(OS(=O)(=O)C(F)(F)F)c(C)c1. The molecule has 0 saturated heterocycles. The Hall–Kier alpha value is -1.77. The van der Waals surface area contributed by atoms with Crippen LogP contribution in [0.5, 0.6) is 5.75 Å². The molecule has 0 N–H and O–H groups in total. The van der Waals surface area contributed by atoms with Crippen molar-refractivity contribution < 1.29 is 35.3 Å². The van der Waals surface area contributed by atoms with Crippen LogP contribution in [0, 0.1) is 6.92 Å². The summed E-state index contributed by atoms with van der Waals surface area (Å²) in [7, 11) is -4.45. The van der Waals surface area contributed by atoms with Crippen LogP contribution < -0.4 is 4.18 Å². The van der Waals surface area contributed by atoms with Crippen LogP contribution in [0.25, 0.3) is 0 Å². The van der Waals surface area contributed by atoms with Gasteiger partial charge in [0.25, 0.3) is 0 Å². The standard InChI is InChI=1S/C12H13F3O5S/c1-8-7-9(4-6-11(16)19-2)3-5-10(8)20-21(17,18)12(13,14)15/h3,5,7H,4,6H2,1-2H3. The maximum atomic E-state index is 12.2. The van der Waals surface area contributed by atoms with Gasteiger partial charge in [0.1, 0.15) is 5.75 Å². The van der Waals surface area contributed by atoms with Crippen LogP contribution in [0.1, 0.15) is 17.5 Å². The van der Waals surface area contributed by atoms with E-state index in [0.717, 1.165) is 6.07 Å². The Labute approximate surface area is 119 Å². The van der Waals surface area contributed by atoms with Crippen molar-refractivity contribution in [3.63, 3.8) is 0 Å². The summed E-state index contributed by atoms with van der Waals surface area (Å²) in [6, 6.07) is 3.95. The van der Waals surface area contributed by atoms with Crippen LogP contribution in [0.3, 0.4) is 0 Å². The number of ether oxygens (including phenoxy) is 1. The highest BCUT2D eigenvalue weighted by Crippen LogP contribution is 2.29. The molecule has 0 fully saturated rings. The molecule has 21 heavy (non-hydrogen) atoms. The van der Waals surface area contributed by atoms with E-state index in [1.807, 2.05) is 0 Å². The van der Waals surface area contributed by atoms with Gasteiger partial charge in [-0.3, -0.25) is 4.79 Å². The molecule has 9 heteroatoms. The third-order valence-electron chi connectivity index (χ3n) is 2.57. The highest BCUT2D eigenvalue weighted by atomic mass is 32.2. The second-order valence-electron chi connectivity index (χ2n) is 4.16. The van der Waals surface area contributed by atoms with E-state index in [2.05, 4.69) is 8.92 Å². The Balaban J connectivity index is 2.87. The van der Waals surface area contributed by atoms with E-state index >= 15 is 0 Å². The van der Waals surface area contributed by atoms with Crippen molar-refractivity contribution in [3.8, 4) is 5.75 Å². The Kier molecular flexibility index (Phi) is 5.21. The average Bonchev–Trinajstić information content (AvgIpc) is 2.37. The number of hydrogen-bond donors (Lipinski definition) is 0. The summed E-state index contributed by atoms with van der Waals surface area (Å²) in [4.78, 5) is 11.0. The van der Waals surface area contributed by atoms with Gasteiger partial charge in [0.2, 0.25) is 0 Å². The van der Waals surface area contributed by atoms with Crippen molar-refractivity contribution >= 4 is 16.1 Å². The molecule has 0 aliphatic rings. The van der Waals surface area contributed by atoms with Crippen molar-refractivity contribution in [2.75, 3.05) is 7.11 Å². The first-order valence-corrected chi connectivity index (χ1v) is 7.15. The molecule has 1 aromatic rings. The lowest BCUT2D eigenvalue weighted by Crippen LogP contribution is -2.28. The summed E-state index contributed by atoms with van der Waals surface area (Å²) in [5.74, 6) is -0.832. The Morgan fingerprint density at radius 1 is 1.29 bits per heavy atom. The van der Waals surface area contributed by atoms with Crippen molar-refractivity contribution in [3.05, 3.63) is 29.3 Å². The zero-order valence-corrected chi connectivity index (χ0v) is 12.0. The van der Waals surface area contributed by atoms with Gasteiger partial charge in [0.05, 0.1) is 7.11 Å². The number of benzene rings is 1. The lowest BCUT2D eigenvalue weighted by molar-refractivity contribution is -0.140. The van der Waals surface area contributed by atoms with Gasteiger partial charge in [-0.2, -0.15) is 21.6 Å². The van der Waals surface area contributed by atoms with Crippen molar-refractivity contribution in [1.82, 2.24) is 0 Å². The quantitative estimate of drug-likeness (QED) is 0.472. The molecule has 118 valence electrons. The zero-order chi connectivity index (χ0) is 16.3. The summed E-state index contributed by atoms with van der Waals surface area (Å²) >= 11 is 0. The Morgan fingerprint density at radius 3 is 2.38 bits per heavy atom. The van der Waals surface area contributed by atoms with Gasteiger partial charge in [0, 0.05) is 6.42 Å². The molecule has 0 unspecified atom stereocenters. The summed E-state index contributed by atoms with van der Waals surface area (Å²) in [6.07, 6.45) is 0.427. The molecule has 0 aliphatic heterocycles. The zero-order valence-electron chi connectivity index (χ0n) is 11.2. The van der Waals surface area contributed by atoms with E-state index in [-0.39, 0.29) is 12.0 Å². The van der Waals surface area contributed by atoms with Crippen LogP contribution in [-0.2, 0) is 26.1 Å².